The molecule has 0 aliphatic carbocycles. The molecule has 0 saturated carbocycles. The van der Waals surface area contributed by atoms with Crippen LogP contribution < -0.4 is 11.1 Å². The second kappa shape index (κ2) is 4.88. The molecule has 1 amide bonds. The standard InChI is InChI=1S/C9H17N5O/c1-6(2)8(9(10)15)11-4-7-5-14(3)13-12-7/h5-6,8,11H,4H2,1-3H3,(H2,10,15). The highest BCUT2D eigenvalue weighted by molar-refractivity contribution is 5.80. The molecule has 15 heavy (non-hydrogen) atoms. The number of carbonyl (C=O) groups is 1. The van der Waals surface area contributed by atoms with Crippen LogP contribution in [0, 0.1) is 5.92 Å². The zero-order valence-corrected chi connectivity index (χ0v) is 9.27. The number of primary amides is 1. The van der Waals surface area contributed by atoms with Crippen molar-refractivity contribution >= 4 is 5.91 Å². The van der Waals surface area contributed by atoms with Gasteiger partial charge < -0.3 is 5.73 Å². The van der Waals surface area contributed by atoms with Gasteiger partial charge in [-0.1, -0.05) is 19.1 Å². The Hall–Kier alpha value is -1.43. The Kier molecular flexibility index (Phi) is 3.79. The monoisotopic (exact) mass is 211 g/mol. The Bertz CT molecular complexity index is 333. The fourth-order valence-corrected chi connectivity index (χ4v) is 1.36. The summed E-state index contributed by atoms with van der Waals surface area (Å²) in [6.45, 7) is 4.39. The van der Waals surface area contributed by atoms with E-state index in [4.69, 9.17) is 5.73 Å². The van der Waals surface area contributed by atoms with Crippen molar-refractivity contribution in [3.8, 4) is 0 Å². The van der Waals surface area contributed by atoms with Gasteiger partial charge >= 0.3 is 0 Å². The molecule has 1 aromatic heterocycles. The molecule has 1 aromatic rings. The summed E-state index contributed by atoms with van der Waals surface area (Å²) in [5, 5.41) is 10.8. The zero-order chi connectivity index (χ0) is 11.4. The zero-order valence-electron chi connectivity index (χ0n) is 9.27. The molecule has 0 aromatic carbocycles. The average Bonchev–Trinajstić information content (AvgIpc) is 2.50. The van der Waals surface area contributed by atoms with Crippen molar-refractivity contribution in [3.05, 3.63) is 11.9 Å². The lowest BCUT2D eigenvalue weighted by Gasteiger charge is -2.17. The fraction of sp³-hybridized carbons (Fsp3) is 0.667. The molecule has 0 bridgehead atoms. The van der Waals surface area contributed by atoms with Gasteiger partial charge in [0, 0.05) is 19.8 Å². The maximum atomic E-state index is 11.1. The van der Waals surface area contributed by atoms with Gasteiger partial charge in [-0.05, 0) is 5.92 Å². The minimum absolute atomic E-state index is 0.166. The molecule has 6 heteroatoms. The Labute approximate surface area is 88.8 Å². The van der Waals surface area contributed by atoms with Gasteiger partial charge in [0.15, 0.2) is 0 Å². The van der Waals surface area contributed by atoms with Crippen molar-refractivity contribution in [1.82, 2.24) is 20.3 Å². The van der Waals surface area contributed by atoms with Gasteiger partial charge in [-0.3, -0.25) is 14.8 Å². The summed E-state index contributed by atoms with van der Waals surface area (Å²) in [7, 11) is 1.80. The van der Waals surface area contributed by atoms with Crippen molar-refractivity contribution in [3.63, 3.8) is 0 Å². The summed E-state index contributed by atoms with van der Waals surface area (Å²) < 4.78 is 1.62. The molecular formula is C9H17N5O. The molecule has 0 saturated heterocycles. The third-order valence-corrected chi connectivity index (χ3v) is 2.13. The van der Waals surface area contributed by atoms with E-state index >= 15 is 0 Å². The van der Waals surface area contributed by atoms with Crippen molar-refractivity contribution in [2.24, 2.45) is 18.7 Å². The van der Waals surface area contributed by atoms with Gasteiger partial charge in [0.05, 0.1) is 11.7 Å². The van der Waals surface area contributed by atoms with E-state index < -0.39 is 0 Å². The van der Waals surface area contributed by atoms with Crippen molar-refractivity contribution in [2.75, 3.05) is 0 Å². The third-order valence-electron chi connectivity index (χ3n) is 2.13. The van der Waals surface area contributed by atoms with Crippen LogP contribution >= 0.6 is 0 Å². The third kappa shape index (κ3) is 3.32. The summed E-state index contributed by atoms with van der Waals surface area (Å²) in [6.07, 6.45) is 1.80. The number of nitrogens with two attached hydrogens (primary N) is 1. The summed E-state index contributed by atoms with van der Waals surface area (Å²) in [5.41, 5.74) is 6.06. The van der Waals surface area contributed by atoms with E-state index in [0.29, 0.717) is 6.54 Å². The number of aromatic nitrogens is 3. The molecule has 6 nitrogen and oxygen atoms in total. The van der Waals surface area contributed by atoms with Crippen molar-refractivity contribution in [2.45, 2.75) is 26.4 Å². The first kappa shape index (κ1) is 11.6. The Morgan fingerprint density at radius 1 is 1.67 bits per heavy atom. The average molecular weight is 211 g/mol. The number of amides is 1. The summed E-state index contributed by atoms with van der Waals surface area (Å²) in [6, 6.07) is -0.327. The van der Waals surface area contributed by atoms with Crippen LogP contribution in [0.1, 0.15) is 19.5 Å². The molecule has 84 valence electrons. The lowest BCUT2D eigenvalue weighted by atomic mass is 10.0. The Balaban J connectivity index is 2.50. The number of hydrogen-bond donors (Lipinski definition) is 2. The quantitative estimate of drug-likeness (QED) is 0.682. The second-order valence-corrected chi connectivity index (χ2v) is 3.89. The van der Waals surface area contributed by atoms with E-state index in [-0.39, 0.29) is 17.9 Å². The van der Waals surface area contributed by atoms with Gasteiger partial charge in [0.25, 0.3) is 0 Å². The molecule has 1 rings (SSSR count). The highest BCUT2D eigenvalue weighted by atomic mass is 16.1. The summed E-state index contributed by atoms with van der Waals surface area (Å²) in [5.74, 6) is -0.173. The van der Waals surface area contributed by atoms with Crippen LogP contribution in [0.3, 0.4) is 0 Å². The summed E-state index contributed by atoms with van der Waals surface area (Å²) in [4.78, 5) is 11.1. The van der Waals surface area contributed by atoms with Crippen LogP contribution in [-0.2, 0) is 18.4 Å². The molecule has 0 aliphatic heterocycles. The molecule has 1 unspecified atom stereocenters. The van der Waals surface area contributed by atoms with Gasteiger partial charge in [-0.25, -0.2) is 0 Å². The molecule has 1 heterocycles. The van der Waals surface area contributed by atoms with Gasteiger partial charge in [0.2, 0.25) is 5.91 Å². The van der Waals surface area contributed by atoms with E-state index in [9.17, 15) is 4.79 Å². The number of nitrogens with one attached hydrogen (secondary N) is 1. The van der Waals surface area contributed by atoms with Crippen LogP contribution in [0.25, 0.3) is 0 Å². The number of carbonyl (C=O) groups excluding carboxylic acids is 1. The van der Waals surface area contributed by atoms with E-state index in [1.165, 1.54) is 0 Å². The van der Waals surface area contributed by atoms with Gasteiger partial charge in [0.1, 0.15) is 0 Å². The first-order valence-electron chi connectivity index (χ1n) is 4.88. The number of rotatable bonds is 5. The molecule has 0 spiro atoms. The van der Waals surface area contributed by atoms with Crippen molar-refractivity contribution in [1.29, 1.82) is 0 Å². The Morgan fingerprint density at radius 3 is 2.73 bits per heavy atom. The van der Waals surface area contributed by atoms with E-state index in [1.807, 2.05) is 13.8 Å². The molecule has 0 fully saturated rings. The Morgan fingerprint density at radius 2 is 2.33 bits per heavy atom. The fourth-order valence-electron chi connectivity index (χ4n) is 1.36. The normalized spacial score (nSPS) is 13.1. The van der Waals surface area contributed by atoms with E-state index in [2.05, 4.69) is 15.6 Å². The van der Waals surface area contributed by atoms with Crippen LogP contribution in [0.2, 0.25) is 0 Å². The lowest BCUT2D eigenvalue weighted by molar-refractivity contribution is -0.121. The maximum Gasteiger partial charge on any atom is 0.234 e. The van der Waals surface area contributed by atoms with Crippen molar-refractivity contribution < 1.29 is 4.79 Å². The van der Waals surface area contributed by atoms with Crippen LogP contribution in [0.15, 0.2) is 6.20 Å². The van der Waals surface area contributed by atoms with Crippen LogP contribution in [-0.4, -0.2) is 26.9 Å². The molecule has 1 atom stereocenters. The molecular weight excluding hydrogens is 194 g/mol. The molecule has 0 radical (unpaired) electrons. The van der Waals surface area contributed by atoms with E-state index in [0.717, 1.165) is 5.69 Å². The van der Waals surface area contributed by atoms with Crippen LogP contribution in [0.4, 0.5) is 0 Å². The molecule has 3 N–H and O–H groups in total. The first-order chi connectivity index (χ1) is 7.00. The topological polar surface area (TPSA) is 85.8 Å². The SMILES string of the molecule is CC(C)C(NCc1cn(C)nn1)C(N)=O. The van der Waals surface area contributed by atoms with E-state index in [1.54, 1.807) is 17.9 Å². The van der Waals surface area contributed by atoms with Gasteiger partial charge in [-0.2, -0.15) is 0 Å². The minimum atomic E-state index is -0.339. The van der Waals surface area contributed by atoms with Gasteiger partial charge in [-0.15, -0.1) is 5.10 Å². The predicted octanol–water partition coefficient (Wildman–Crippen LogP) is -0.585. The van der Waals surface area contributed by atoms with Crippen LogP contribution in [0.5, 0.6) is 0 Å². The first-order valence-corrected chi connectivity index (χ1v) is 4.88. The number of nitrogens with zero attached hydrogens (tertiary/aromatic N) is 3. The predicted molar refractivity (Wildman–Crippen MR) is 55.7 cm³/mol. The largest absolute Gasteiger partial charge is 0.368 e. The number of aryl methyl sites for hydroxylation is 1. The smallest absolute Gasteiger partial charge is 0.234 e. The highest BCUT2D eigenvalue weighted by Gasteiger charge is 2.18. The maximum absolute atomic E-state index is 11.1. The number of hydrogen-bond acceptors (Lipinski definition) is 4. The lowest BCUT2D eigenvalue weighted by Crippen LogP contribution is -2.44. The molecule has 0 aliphatic rings. The highest BCUT2D eigenvalue weighted by Crippen LogP contribution is 2.02. The minimum Gasteiger partial charge on any atom is -0.368 e. The summed E-state index contributed by atoms with van der Waals surface area (Å²) >= 11 is 0. The second-order valence-electron chi connectivity index (χ2n) is 3.89.